The topological polar surface area (TPSA) is 66.8 Å². The summed E-state index contributed by atoms with van der Waals surface area (Å²) in [7, 11) is 0. The van der Waals surface area contributed by atoms with E-state index >= 15 is 0 Å². The maximum atomic E-state index is 12.4. The van der Waals surface area contributed by atoms with Crippen molar-refractivity contribution in [1.82, 2.24) is 4.90 Å². The first-order chi connectivity index (χ1) is 12.1. The number of ether oxygens (including phenoxy) is 1. The summed E-state index contributed by atoms with van der Waals surface area (Å²) < 4.78 is 5.41. The van der Waals surface area contributed by atoms with Crippen LogP contribution in [0.5, 0.6) is 0 Å². The van der Waals surface area contributed by atoms with Crippen LogP contribution in [0.4, 0.5) is 4.79 Å². The Morgan fingerprint density at radius 2 is 1.80 bits per heavy atom. The molecule has 0 aromatic heterocycles. The molecule has 0 aliphatic carbocycles. The molecule has 0 unspecified atom stereocenters. The van der Waals surface area contributed by atoms with Crippen LogP contribution in [0, 0.1) is 0 Å². The summed E-state index contributed by atoms with van der Waals surface area (Å²) >= 11 is 0. The highest BCUT2D eigenvalue weighted by atomic mass is 16.6. The van der Waals surface area contributed by atoms with Gasteiger partial charge in [-0.2, -0.15) is 0 Å². The summed E-state index contributed by atoms with van der Waals surface area (Å²) in [6.07, 6.45) is 0.372. The number of rotatable bonds is 4. The number of amides is 1. The second-order valence-electron chi connectivity index (χ2n) is 6.37. The molecule has 1 aliphatic heterocycles. The van der Waals surface area contributed by atoms with Crippen LogP contribution in [0.1, 0.15) is 40.7 Å². The fourth-order valence-corrected chi connectivity index (χ4v) is 3.36. The van der Waals surface area contributed by atoms with E-state index in [1.165, 1.54) is 0 Å². The molecule has 2 aromatic rings. The Kier molecular flexibility index (Phi) is 5.03. The van der Waals surface area contributed by atoms with E-state index in [1.54, 1.807) is 17.0 Å². The molecule has 130 valence electrons. The van der Waals surface area contributed by atoms with E-state index in [9.17, 15) is 14.7 Å². The average molecular weight is 339 g/mol. The van der Waals surface area contributed by atoms with Crippen molar-refractivity contribution in [2.45, 2.75) is 31.9 Å². The average Bonchev–Trinajstić information content (AvgIpc) is 3.02. The lowest BCUT2D eigenvalue weighted by atomic mass is 9.92. The molecule has 2 atom stereocenters. The first kappa shape index (κ1) is 17.0. The highest BCUT2D eigenvalue weighted by Gasteiger charge is 2.35. The summed E-state index contributed by atoms with van der Waals surface area (Å²) in [4.78, 5) is 25.5. The van der Waals surface area contributed by atoms with Crippen LogP contribution in [-0.2, 0) is 11.3 Å². The van der Waals surface area contributed by atoms with Crippen LogP contribution in [0.15, 0.2) is 54.6 Å². The van der Waals surface area contributed by atoms with Crippen molar-refractivity contribution in [3.8, 4) is 0 Å². The Morgan fingerprint density at radius 1 is 1.12 bits per heavy atom. The molecule has 2 aromatic carbocycles. The third-order valence-electron chi connectivity index (χ3n) is 4.65. The second-order valence-corrected chi connectivity index (χ2v) is 6.37. The van der Waals surface area contributed by atoms with Gasteiger partial charge in [0.05, 0.1) is 5.56 Å². The van der Waals surface area contributed by atoms with Crippen LogP contribution in [0.3, 0.4) is 0 Å². The van der Waals surface area contributed by atoms with Crippen LogP contribution in [0.25, 0.3) is 0 Å². The summed E-state index contributed by atoms with van der Waals surface area (Å²) in [5.74, 6) is -0.931. The third kappa shape index (κ3) is 3.82. The summed E-state index contributed by atoms with van der Waals surface area (Å²) in [6, 6.07) is 16.5. The molecule has 25 heavy (non-hydrogen) atoms. The Balaban J connectivity index is 1.67. The van der Waals surface area contributed by atoms with Crippen molar-refractivity contribution >= 4 is 12.1 Å². The van der Waals surface area contributed by atoms with Crippen molar-refractivity contribution in [1.29, 1.82) is 0 Å². The first-order valence-electron chi connectivity index (χ1n) is 8.36. The van der Waals surface area contributed by atoms with Gasteiger partial charge in [-0.1, -0.05) is 48.5 Å². The number of hydrogen-bond donors (Lipinski definition) is 1. The van der Waals surface area contributed by atoms with E-state index in [2.05, 4.69) is 0 Å². The molecule has 0 radical (unpaired) electrons. The highest BCUT2D eigenvalue weighted by molar-refractivity contribution is 5.89. The Bertz CT molecular complexity index is 759. The smallest absolute Gasteiger partial charge is 0.410 e. The molecular formula is C20H21NO4. The molecule has 1 aliphatic rings. The monoisotopic (exact) mass is 339 g/mol. The van der Waals surface area contributed by atoms with Crippen molar-refractivity contribution in [2.75, 3.05) is 6.54 Å². The Labute approximate surface area is 146 Å². The summed E-state index contributed by atoms with van der Waals surface area (Å²) in [6.45, 7) is 2.67. The first-order valence-corrected chi connectivity index (χ1v) is 8.36. The third-order valence-corrected chi connectivity index (χ3v) is 4.65. The molecule has 1 saturated heterocycles. The van der Waals surface area contributed by atoms with Gasteiger partial charge in [-0.25, -0.2) is 9.59 Å². The zero-order valence-corrected chi connectivity index (χ0v) is 14.1. The van der Waals surface area contributed by atoms with E-state index in [0.29, 0.717) is 12.1 Å². The lowest BCUT2D eigenvalue weighted by molar-refractivity contribution is 0.0695. The molecule has 1 heterocycles. The number of likely N-dealkylation sites (tertiary alicyclic amines) is 1. The van der Waals surface area contributed by atoms with Gasteiger partial charge in [0, 0.05) is 18.5 Å². The summed E-state index contributed by atoms with van der Waals surface area (Å²) in [5, 5.41) is 9.37. The van der Waals surface area contributed by atoms with Crippen LogP contribution < -0.4 is 0 Å². The minimum atomic E-state index is -0.937. The quantitative estimate of drug-likeness (QED) is 0.917. The van der Waals surface area contributed by atoms with Gasteiger partial charge < -0.3 is 14.7 Å². The zero-order chi connectivity index (χ0) is 17.8. The van der Waals surface area contributed by atoms with Crippen molar-refractivity contribution in [3.05, 3.63) is 71.3 Å². The second kappa shape index (κ2) is 7.38. The minimum Gasteiger partial charge on any atom is -0.478 e. The maximum absolute atomic E-state index is 12.4. The molecule has 0 spiro atoms. The van der Waals surface area contributed by atoms with E-state index < -0.39 is 5.97 Å². The molecule has 5 nitrogen and oxygen atoms in total. The molecule has 0 saturated carbocycles. The molecule has 1 fully saturated rings. The predicted octanol–water partition coefficient (Wildman–Crippen LogP) is 3.90. The number of carbonyl (C=O) groups excluding carboxylic acids is 1. The van der Waals surface area contributed by atoms with E-state index in [1.807, 2.05) is 49.4 Å². The molecule has 3 rings (SSSR count). The number of carboxylic acids is 1. The Morgan fingerprint density at radius 3 is 2.52 bits per heavy atom. The van der Waals surface area contributed by atoms with Crippen LogP contribution in [-0.4, -0.2) is 34.7 Å². The molecule has 1 amide bonds. The normalized spacial score (nSPS) is 19.6. The predicted molar refractivity (Wildman–Crippen MR) is 93.6 cm³/mol. The highest BCUT2D eigenvalue weighted by Crippen LogP contribution is 2.33. The van der Waals surface area contributed by atoms with Gasteiger partial charge in [-0.15, -0.1) is 0 Å². The van der Waals surface area contributed by atoms with Gasteiger partial charge in [0.15, 0.2) is 0 Å². The van der Waals surface area contributed by atoms with Crippen LogP contribution in [0.2, 0.25) is 0 Å². The number of nitrogens with zero attached hydrogens (tertiary/aromatic N) is 1. The lowest BCUT2D eigenvalue weighted by Gasteiger charge is -2.21. The van der Waals surface area contributed by atoms with E-state index in [4.69, 9.17) is 4.74 Å². The maximum Gasteiger partial charge on any atom is 0.410 e. The number of carboxylic acid groups (broad SMARTS) is 1. The fourth-order valence-electron chi connectivity index (χ4n) is 3.36. The van der Waals surface area contributed by atoms with Gasteiger partial charge >= 0.3 is 12.1 Å². The number of hydrogen-bond acceptors (Lipinski definition) is 3. The van der Waals surface area contributed by atoms with Gasteiger partial charge in [0.25, 0.3) is 0 Å². The van der Waals surface area contributed by atoms with Gasteiger partial charge in [0.1, 0.15) is 6.61 Å². The standard InChI is InChI=1S/C20H21NO4/c1-14-11-16(17-9-5-6-10-18(17)19(22)23)12-21(14)20(24)25-13-15-7-3-2-4-8-15/h2-10,14,16H,11-13H2,1H3,(H,22,23)/t14-,16+/m0/s1. The molecular weight excluding hydrogens is 318 g/mol. The van der Waals surface area contributed by atoms with E-state index in [-0.39, 0.29) is 24.7 Å². The van der Waals surface area contributed by atoms with Crippen molar-refractivity contribution in [2.24, 2.45) is 0 Å². The van der Waals surface area contributed by atoms with Gasteiger partial charge in [0.2, 0.25) is 0 Å². The van der Waals surface area contributed by atoms with Gasteiger partial charge in [-0.05, 0) is 30.5 Å². The fraction of sp³-hybridized carbons (Fsp3) is 0.300. The van der Waals surface area contributed by atoms with Crippen molar-refractivity contribution < 1.29 is 19.4 Å². The van der Waals surface area contributed by atoms with Crippen molar-refractivity contribution in [3.63, 3.8) is 0 Å². The Hall–Kier alpha value is -2.82. The molecule has 5 heteroatoms. The zero-order valence-electron chi connectivity index (χ0n) is 14.1. The molecule has 1 N–H and O–H groups in total. The van der Waals surface area contributed by atoms with Crippen LogP contribution >= 0.6 is 0 Å². The van der Waals surface area contributed by atoms with Gasteiger partial charge in [-0.3, -0.25) is 0 Å². The largest absolute Gasteiger partial charge is 0.478 e. The number of benzene rings is 2. The minimum absolute atomic E-state index is 0.00609. The molecule has 0 bridgehead atoms. The number of carbonyl (C=O) groups is 2. The number of aromatic carboxylic acids is 1. The lowest BCUT2D eigenvalue weighted by Crippen LogP contribution is -2.34. The van der Waals surface area contributed by atoms with E-state index in [0.717, 1.165) is 17.5 Å². The SMILES string of the molecule is C[C@H]1C[C@@H](c2ccccc2C(=O)O)CN1C(=O)OCc1ccccc1. The summed E-state index contributed by atoms with van der Waals surface area (Å²) in [5.41, 5.74) is 2.02.